The Balaban J connectivity index is 1.53. The normalized spacial score (nSPS) is 15.3. The van der Waals surface area contributed by atoms with Crippen molar-refractivity contribution in [3.8, 4) is 0 Å². The molecule has 3 aromatic rings. The number of nitrogens with zero attached hydrogens (tertiary/aromatic N) is 1. The summed E-state index contributed by atoms with van der Waals surface area (Å²) in [5, 5.41) is 1.77. The Bertz CT molecular complexity index is 973. The van der Waals surface area contributed by atoms with E-state index in [2.05, 4.69) is 5.43 Å². The molecule has 1 unspecified atom stereocenters. The monoisotopic (exact) mass is 372 g/mol. The molecule has 28 heavy (non-hydrogen) atoms. The predicted molar refractivity (Wildman–Crippen MR) is 107 cm³/mol. The maximum atomic E-state index is 12.9. The lowest BCUT2D eigenvalue weighted by atomic mass is 9.98. The van der Waals surface area contributed by atoms with Crippen LogP contribution >= 0.6 is 0 Å². The fourth-order valence-electron chi connectivity index (χ4n) is 3.25. The van der Waals surface area contributed by atoms with Gasteiger partial charge in [-0.1, -0.05) is 66.7 Å². The highest BCUT2D eigenvalue weighted by Gasteiger charge is 2.32. The number of carbonyl (C=O) groups is 2. The number of para-hydroxylation sites is 1. The molecule has 0 spiro atoms. The maximum Gasteiger partial charge on any atom is 0.339 e. The van der Waals surface area contributed by atoms with Gasteiger partial charge in [0.15, 0.2) is 6.10 Å². The number of amides is 1. The molecule has 0 fully saturated rings. The van der Waals surface area contributed by atoms with Crippen LogP contribution in [0.3, 0.4) is 0 Å². The molecule has 0 saturated carbocycles. The van der Waals surface area contributed by atoms with E-state index in [-0.39, 0.29) is 5.91 Å². The van der Waals surface area contributed by atoms with Crippen LogP contribution in [0.15, 0.2) is 84.9 Å². The third-order valence-corrected chi connectivity index (χ3v) is 4.68. The number of cyclic esters (lactones) is 1. The molecule has 0 saturated heterocycles. The lowest BCUT2D eigenvalue weighted by Crippen LogP contribution is -2.49. The number of carbonyl (C=O) groups excluding carboxylic acids is 2. The van der Waals surface area contributed by atoms with Crippen molar-refractivity contribution < 1.29 is 14.3 Å². The van der Waals surface area contributed by atoms with Crippen LogP contribution in [0.5, 0.6) is 0 Å². The standard InChI is InChI=1S/C23H20N2O3/c26-22(21-15-18-11-7-8-14-20(18)23(27)28-21)24-25(19-12-5-2-6-13-19)16-17-9-3-1-4-10-17/h1-14,21H,15-16H2,(H,24,26). The van der Waals surface area contributed by atoms with Gasteiger partial charge in [-0.3, -0.25) is 15.2 Å². The van der Waals surface area contributed by atoms with E-state index in [4.69, 9.17) is 4.74 Å². The van der Waals surface area contributed by atoms with Crippen molar-refractivity contribution in [2.75, 3.05) is 5.01 Å². The smallest absolute Gasteiger partial charge is 0.339 e. The third kappa shape index (κ3) is 3.88. The highest BCUT2D eigenvalue weighted by Crippen LogP contribution is 2.21. The quantitative estimate of drug-likeness (QED) is 0.550. The number of benzene rings is 3. The molecule has 3 aromatic carbocycles. The molecule has 1 N–H and O–H groups in total. The van der Waals surface area contributed by atoms with E-state index in [0.717, 1.165) is 16.8 Å². The first kappa shape index (κ1) is 17.8. The minimum absolute atomic E-state index is 0.345. The summed E-state index contributed by atoms with van der Waals surface area (Å²) in [5.41, 5.74) is 6.17. The zero-order chi connectivity index (χ0) is 19.3. The Labute approximate surface area is 163 Å². The summed E-state index contributed by atoms with van der Waals surface area (Å²) in [4.78, 5) is 25.1. The van der Waals surface area contributed by atoms with Gasteiger partial charge in [-0.2, -0.15) is 0 Å². The minimum Gasteiger partial charge on any atom is -0.448 e. The van der Waals surface area contributed by atoms with Gasteiger partial charge in [-0.15, -0.1) is 0 Å². The van der Waals surface area contributed by atoms with Gasteiger partial charge in [0.25, 0.3) is 5.91 Å². The molecule has 1 aliphatic heterocycles. The van der Waals surface area contributed by atoms with Crippen LogP contribution in [0.2, 0.25) is 0 Å². The molecule has 4 rings (SSSR count). The van der Waals surface area contributed by atoms with Crippen molar-refractivity contribution in [2.24, 2.45) is 0 Å². The number of anilines is 1. The van der Waals surface area contributed by atoms with Gasteiger partial charge in [0.05, 0.1) is 17.8 Å². The van der Waals surface area contributed by atoms with E-state index < -0.39 is 12.1 Å². The van der Waals surface area contributed by atoms with Crippen LogP contribution in [0.1, 0.15) is 21.5 Å². The first-order chi connectivity index (χ1) is 13.7. The summed E-state index contributed by atoms with van der Waals surface area (Å²) in [6.07, 6.45) is -0.494. The second kappa shape index (κ2) is 7.96. The number of esters is 1. The number of fused-ring (bicyclic) bond motifs is 1. The van der Waals surface area contributed by atoms with Crippen molar-refractivity contribution >= 4 is 17.6 Å². The van der Waals surface area contributed by atoms with Crippen LogP contribution in [0.4, 0.5) is 5.69 Å². The Morgan fingerprint density at radius 1 is 0.929 bits per heavy atom. The molecule has 5 heteroatoms. The van der Waals surface area contributed by atoms with Crippen LogP contribution in [-0.2, 0) is 22.5 Å². The number of nitrogens with one attached hydrogen (secondary N) is 1. The zero-order valence-corrected chi connectivity index (χ0v) is 15.2. The van der Waals surface area contributed by atoms with E-state index in [0.29, 0.717) is 18.5 Å². The van der Waals surface area contributed by atoms with Gasteiger partial charge in [0.1, 0.15) is 0 Å². The van der Waals surface area contributed by atoms with Crippen LogP contribution in [0, 0.1) is 0 Å². The van der Waals surface area contributed by atoms with E-state index in [1.54, 1.807) is 17.1 Å². The average molecular weight is 372 g/mol. The summed E-state index contributed by atoms with van der Waals surface area (Å²) in [6.45, 7) is 0.494. The van der Waals surface area contributed by atoms with Crippen molar-refractivity contribution in [3.63, 3.8) is 0 Å². The van der Waals surface area contributed by atoms with E-state index in [1.807, 2.05) is 72.8 Å². The fourth-order valence-corrected chi connectivity index (χ4v) is 3.25. The molecule has 0 aromatic heterocycles. The molecule has 1 heterocycles. The number of hydrazine groups is 1. The topological polar surface area (TPSA) is 58.6 Å². The lowest BCUT2D eigenvalue weighted by Gasteiger charge is -2.29. The number of hydrogen-bond donors (Lipinski definition) is 1. The first-order valence-electron chi connectivity index (χ1n) is 9.16. The van der Waals surface area contributed by atoms with Crippen LogP contribution in [0.25, 0.3) is 0 Å². The number of hydrogen-bond acceptors (Lipinski definition) is 4. The Morgan fingerprint density at radius 3 is 2.32 bits per heavy atom. The summed E-state index contributed by atoms with van der Waals surface area (Å²) in [7, 11) is 0. The molecular weight excluding hydrogens is 352 g/mol. The first-order valence-corrected chi connectivity index (χ1v) is 9.16. The van der Waals surface area contributed by atoms with Crippen LogP contribution in [-0.4, -0.2) is 18.0 Å². The van der Waals surface area contributed by atoms with Crippen molar-refractivity contribution in [1.82, 2.24) is 5.43 Å². The minimum atomic E-state index is -0.857. The second-order valence-electron chi connectivity index (χ2n) is 6.64. The summed E-state index contributed by atoms with van der Waals surface area (Å²) in [6, 6.07) is 26.7. The van der Waals surface area contributed by atoms with Crippen molar-refractivity contribution in [1.29, 1.82) is 0 Å². The third-order valence-electron chi connectivity index (χ3n) is 4.68. The van der Waals surface area contributed by atoms with Gasteiger partial charge in [0, 0.05) is 6.42 Å². The van der Waals surface area contributed by atoms with E-state index in [9.17, 15) is 9.59 Å². The molecule has 1 atom stereocenters. The molecule has 140 valence electrons. The summed E-state index contributed by atoms with van der Waals surface area (Å²) in [5.74, 6) is -0.807. The zero-order valence-electron chi connectivity index (χ0n) is 15.2. The van der Waals surface area contributed by atoms with Crippen molar-refractivity contribution in [3.05, 3.63) is 102 Å². The SMILES string of the molecule is O=C1OC(C(=O)NN(Cc2ccccc2)c2ccccc2)Cc2ccccc21. The Hall–Kier alpha value is -3.60. The highest BCUT2D eigenvalue weighted by atomic mass is 16.5. The molecule has 0 aliphatic carbocycles. The molecular formula is C23H20N2O3. The molecule has 5 nitrogen and oxygen atoms in total. The Kier molecular flexibility index (Phi) is 5.06. The fraction of sp³-hybridized carbons (Fsp3) is 0.130. The van der Waals surface area contributed by atoms with Gasteiger partial charge in [-0.05, 0) is 29.3 Å². The highest BCUT2D eigenvalue weighted by molar-refractivity contribution is 5.96. The second-order valence-corrected chi connectivity index (χ2v) is 6.64. The van der Waals surface area contributed by atoms with Crippen molar-refractivity contribution in [2.45, 2.75) is 19.1 Å². The van der Waals surface area contributed by atoms with Gasteiger partial charge in [-0.25, -0.2) is 4.79 Å². The van der Waals surface area contributed by atoms with Gasteiger partial charge < -0.3 is 4.74 Å². The van der Waals surface area contributed by atoms with Gasteiger partial charge in [0.2, 0.25) is 0 Å². The largest absolute Gasteiger partial charge is 0.448 e. The average Bonchev–Trinajstić information content (AvgIpc) is 2.74. The van der Waals surface area contributed by atoms with Crippen LogP contribution < -0.4 is 10.4 Å². The van der Waals surface area contributed by atoms with E-state index in [1.165, 1.54) is 0 Å². The molecule has 1 amide bonds. The van der Waals surface area contributed by atoms with Gasteiger partial charge >= 0.3 is 5.97 Å². The molecule has 0 bridgehead atoms. The lowest BCUT2D eigenvalue weighted by molar-refractivity contribution is -0.130. The number of rotatable bonds is 5. The summed E-state index contributed by atoms with van der Waals surface area (Å²) < 4.78 is 5.38. The Morgan fingerprint density at radius 2 is 1.57 bits per heavy atom. The summed E-state index contributed by atoms with van der Waals surface area (Å²) >= 11 is 0. The van der Waals surface area contributed by atoms with E-state index >= 15 is 0 Å². The predicted octanol–water partition coefficient (Wildman–Crippen LogP) is 3.51. The number of ether oxygens (including phenoxy) is 1. The maximum absolute atomic E-state index is 12.9. The molecule has 0 radical (unpaired) electrons. The molecule has 1 aliphatic rings.